The molecule has 1 aliphatic heterocycles. The van der Waals surface area contributed by atoms with Gasteiger partial charge in [0.05, 0.1) is 16.9 Å². The van der Waals surface area contributed by atoms with Crippen LogP contribution in [0.1, 0.15) is 42.5 Å². The smallest absolute Gasteiger partial charge is 0.0928 e. The van der Waals surface area contributed by atoms with E-state index < -0.39 is 0 Å². The van der Waals surface area contributed by atoms with E-state index in [2.05, 4.69) is 35.4 Å². The lowest BCUT2D eigenvalue weighted by atomic mass is 9.92. The van der Waals surface area contributed by atoms with Crippen LogP contribution in [0.2, 0.25) is 0 Å². The van der Waals surface area contributed by atoms with E-state index in [4.69, 9.17) is 4.98 Å². The molecule has 0 unspecified atom stereocenters. The van der Waals surface area contributed by atoms with E-state index in [1.54, 1.807) is 11.3 Å². The molecule has 0 aliphatic carbocycles. The van der Waals surface area contributed by atoms with Crippen LogP contribution in [-0.4, -0.2) is 44.5 Å². The maximum Gasteiger partial charge on any atom is 0.0928 e. The molecule has 1 fully saturated rings. The van der Waals surface area contributed by atoms with Crippen LogP contribution in [0.3, 0.4) is 0 Å². The summed E-state index contributed by atoms with van der Waals surface area (Å²) < 4.78 is 1.84. The Hall–Kier alpha value is -1.24. The molecule has 5 nitrogen and oxygen atoms in total. The van der Waals surface area contributed by atoms with Crippen molar-refractivity contribution in [2.24, 2.45) is 18.9 Å². The number of likely N-dealkylation sites (tertiary alicyclic amines) is 1. The molecule has 2 aromatic heterocycles. The summed E-state index contributed by atoms with van der Waals surface area (Å²) in [6.07, 6.45) is 6.29. The molecule has 0 bridgehead atoms. The van der Waals surface area contributed by atoms with Gasteiger partial charge in [0.25, 0.3) is 0 Å². The maximum atomic E-state index is 9.75. The molecule has 0 spiro atoms. The number of aliphatic hydroxyl groups excluding tert-OH is 1. The number of aliphatic hydroxyl groups is 1. The topological polar surface area (TPSA) is 54.2 Å². The molecule has 0 amide bonds. The molecule has 1 aliphatic rings. The van der Waals surface area contributed by atoms with Crippen LogP contribution in [0.4, 0.5) is 0 Å². The van der Waals surface area contributed by atoms with Crippen LogP contribution in [0.15, 0.2) is 17.8 Å². The molecule has 3 rings (SSSR count). The zero-order valence-electron chi connectivity index (χ0n) is 14.9. The van der Waals surface area contributed by atoms with Crippen molar-refractivity contribution in [3.8, 4) is 0 Å². The zero-order valence-corrected chi connectivity index (χ0v) is 15.7. The molecule has 0 radical (unpaired) electrons. The van der Waals surface area contributed by atoms with Gasteiger partial charge in [0, 0.05) is 56.7 Å². The highest BCUT2D eigenvalue weighted by Gasteiger charge is 2.34. The third kappa shape index (κ3) is 4.23. The Balaban J connectivity index is 1.60. The molecule has 2 aromatic rings. The minimum atomic E-state index is 0.229. The molecule has 24 heavy (non-hydrogen) atoms. The number of hydrogen-bond donors (Lipinski definition) is 1. The molecule has 2 atom stereocenters. The number of aromatic nitrogens is 3. The van der Waals surface area contributed by atoms with E-state index in [9.17, 15) is 5.11 Å². The lowest BCUT2D eigenvalue weighted by Gasteiger charge is -2.14. The lowest BCUT2D eigenvalue weighted by molar-refractivity contribution is 0.213. The lowest BCUT2D eigenvalue weighted by Crippen LogP contribution is -2.21. The first-order valence-electron chi connectivity index (χ1n) is 8.80. The summed E-state index contributed by atoms with van der Waals surface area (Å²) in [5, 5.41) is 17.5. The Labute approximate surface area is 148 Å². The second-order valence-corrected chi connectivity index (χ2v) is 8.30. The van der Waals surface area contributed by atoms with Gasteiger partial charge in [0.15, 0.2) is 0 Å². The Kier molecular flexibility index (Phi) is 5.69. The van der Waals surface area contributed by atoms with Crippen molar-refractivity contribution in [1.29, 1.82) is 0 Å². The first kappa shape index (κ1) is 17.6. The highest BCUT2D eigenvalue weighted by Crippen LogP contribution is 2.33. The average Bonchev–Trinajstić information content (AvgIpc) is 3.25. The number of rotatable bonds is 7. The van der Waals surface area contributed by atoms with Gasteiger partial charge < -0.3 is 5.11 Å². The molecule has 1 N–H and O–H groups in total. The van der Waals surface area contributed by atoms with E-state index >= 15 is 0 Å². The quantitative estimate of drug-likeness (QED) is 0.836. The van der Waals surface area contributed by atoms with Crippen molar-refractivity contribution >= 4 is 11.3 Å². The summed E-state index contributed by atoms with van der Waals surface area (Å²) in [6.45, 7) is 7.52. The zero-order chi connectivity index (χ0) is 17.1. The average molecular weight is 349 g/mol. The second-order valence-electron chi connectivity index (χ2n) is 7.36. The highest BCUT2D eigenvalue weighted by atomic mass is 32.1. The Bertz CT molecular complexity index is 651. The van der Waals surface area contributed by atoms with Crippen molar-refractivity contribution in [1.82, 2.24) is 19.7 Å². The van der Waals surface area contributed by atoms with Gasteiger partial charge in [0.2, 0.25) is 0 Å². The minimum absolute atomic E-state index is 0.229. The largest absolute Gasteiger partial charge is 0.396 e. The Morgan fingerprint density at radius 3 is 2.88 bits per heavy atom. The van der Waals surface area contributed by atoms with Gasteiger partial charge in [-0.2, -0.15) is 5.10 Å². The van der Waals surface area contributed by atoms with E-state index in [-0.39, 0.29) is 12.5 Å². The predicted octanol–water partition coefficient (Wildman–Crippen LogP) is 2.67. The first-order chi connectivity index (χ1) is 11.5. The fourth-order valence-electron chi connectivity index (χ4n) is 3.46. The molecular weight excluding hydrogens is 320 g/mol. The van der Waals surface area contributed by atoms with Crippen LogP contribution in [-0.2, 0) is 20.0 Å². The summed E-state index contributed by atoms with van der Waals surface area (Å²) in [6, 6.07) is 0. The van der Waals surface area contributed by atoms with Gasteiger partial charge in [-0.15, -0.1) is 11.3 Å². The third-order valence-electron chi connectivity index (χ3n) is 4.82. The molecular formula is C18H28N4OS. The van der Waals surface area contributed by atoms with Gasteiger partial charge in [-0.3, -0.25) is 9.58 Å². The SMILES string of the molecule is CC(C)CCc1nc(CN2C[C@@H](CO)[C@H](c3cnn(C)c3)C2)cs1. The summed E-state index contributed by atoms with van der Waals surface area (Å²) in [4.78, 5) is 7.21. The maximum absolute atomic E-state index is 9.75. The highest BCUT2D eigenvalue weighted by molar-refractivity contribution is 7.09. The van der Waals surface area contributed by atoms with E-state index in [1.807, 2.05) is 17.9 Å². The predicted molar refractivity (Wildman–Crippen MR) is 97.1 cm³/mol. The van der Waals surface area contributed by atoms with Crippen molar-refractivity contribution in [2.75, 3.05) is 19.7 Å². The van der Waals surface area contributed by atoms with Crippen LogP contribution in [0.25, 0.3) is 0 Å². The fraction of sp³-hybridized carbons (Fsp3) is 0.667. The number of aryl methyl sites for hydroxylation is 2. The van der Waals surface area contributed by atoms with E-state index in [0.29, 0.717) is 5.92 Å². The first-order valence-corrected chi connectivity index (χ1v) is 9.68. The summed E-state index contributed by atoms with van der Waals surface area (Å²) in [5.41, 5.74) is 2.40. The van der Waals surface area contributed by atoms with Gasteiger partial charge >= 0.3 is 0 Å². The number of thiazole rings is 1. The third-order valence-corrected chi connectivity index (χ3v) is 5.78. The van der Waals surface area contributed by atoms with Gasteiger partial charge in [-0.25, -0.2) is 4.98 Å². The van der Waals surface area contributed by atoms with Crippen molar-refractivity contribution in [3.63, 3.8) is 0 Å². The van der Waals surface area contributed by atoms with Gasteiger partial charge in [-0.05, 0) is 24.3 Å². The standard InChI is InChI=1S/C18H28N4OS/c1-13(2)4-5-18-20-16(12-24-18)9-22-8-15(11-23)17(10-22)14-6-19-21(3)7-14/h6-7,12-13,15,17,23H,4-5,8-11H2,1-3H3/t15-,17-/m0/s1. The van der Waals surface area contributed by atoms with Crippen molar-refractivity contribution < 1.29 is 5.11 Å². The van der Waals surface area contributed by atoms with Crippen LogP contribution < -0.4 is 0 Å². The second kappa shape index (κ2) is 7.76. The van der Waals surface area contributed by atoms with Crippen LogP contribution in [0.5, 0.6) is 0 Å². The Morgan fingerprint density at radius 1 is 1.38 bits per heavy atom. The monoisotopic (exact) mass is 348 g/mol. The van der Waals surface area contributed by atoms with Crippen LogP contribution >= 0.6 is 11.3 Å². The summed E-state index contributed by atoms with van der Waals surface area (Å²) >= 11 is 1.78. The molecule has 132 valence electrons. The molecule has 1 saturated heterocycles. The normalized spacial score (nSPS) is 21.9. The molecule has 6 heteroatoms. The summed E-state index contributed by atoms with van der Waals surface area (Å²) in [5.74, 6) is 1.37. The van der Waals surface area contributed by atoms with Gasteiger partial charge in [0.1, 0.15) is 0 Å². The van der Waals surface area contributed by atoms with E-state index in [1.165, 1.54) is 22.7 Å². The Morgan fingerprint density at radius 2 is 2.21 bits per heavy atom. The van der Waals surface area contributed by atoms with Gasteiger partial charge in [-0.1, -0.05) is 13.8 Å². The number of hydrogen-bond acceptors (Lipinski definition) is 5. The molecule has 3 heterocycles. The minimum Gasteiger partial charge on any atom is -0.396 e. The molecule has 0 aromatic carbocycles. The van der Waals surface area contributed by atoms with E-state index in [0.717, 1.165) is 32.0 Å². The fourth-order valence-corrected chi connectivity index (χ4v) is 4.27. The molecule has 0 saturated carbocycles. The van der Waals surface area contributed by atoms with Crippen LogP contribution in [0, 0.1) is 11.8 Å². The van der Waals surface area contributed by atoms with Crippen molar-refractivity contribution in [3.05, 3.63) is 34.0 Å². The summed E-state index contributed by atoms with van der Waals surface area (Å²) in [7, 11) is 1.94. The van der Waals surface area contributed by atoms with Crippen molar-refractivity contribution in [2.45, 2.75) is 39.2 Å². The number of nitrogens with zero attached hydrogens (tertiary/aromatic N) is 4.